The second-order valence-electron chi connectivity index (χ2n) is 5.51. The monoisotopic (exact) mass is 324 g/mol. The molecule has 1 aromatic rings. The van der Waals surface area contributed by atoms with Gasteiger partial charge in [-0.2, -0.15) is 0 Å². The van der Waals surface area contributed by atoms with E-state index >= 15 is 0 Å². The van der Waals surface area contributed by atoms with Crippen LogP contribution in [0, 0.1) is 0 Å². The van der Waals surface area contributed by atoms with Crippen molar-refractivity contribution in [2.75, 3.05) is 24.3 Å². The molecule has 22 heavy (non-hydrogen) atoms. The van der Waals surface area contributed by atoms with E-state index in [2.05, 4.69) is 5.32 Å². The third-order valence-electron chi connectivity index (χ3n) is 3.94. The van der Waals surface area contributed by atoms with Gasteiger partial charge in [0.2, 0.25) is 5.91 Å². The van der Waals surface area contributed by atoms with E-state index in [0.717, 1.165) is 24.1 Å². The lowest BCUT2D eigenvalue weighted by Gasteiger charge is -2.30. The number of anilines is 1. The first-order valence-corrected chi connectivity index (χ1v) is 8.07. The summed E-state index contributed by atoms with van der Waals surface area (Å²) in [5.41, 5.74) is 1.94. The zero-order valence-corrected chi connectivity index (χ0v) is 13.2. The molecule has 120 valence electrons. The number of benzene rings is 1. The molecule has 2 rings (SSSR count). The number of alkyl halides is 1. The Morgan fingerprint density at radius 2 is 2.05 bits per heavy atom. The van der Waals surface area contributed by atoms with Crippen LogP contribution in [-0.4, -0.2) is 41.0 Å². The van der Waals surface area contributed by atoms with E-state index in [1.807, 2.05) is 24.3 Å². The summed E-state index contributed by atoms with van der Waals surface area (Å²) >= 11 is 5.58. The molecule has 1 saturated heterocycles. The molecule has 0 radical (unpaired) electrons. The van der Waals surface area contributed by atoms with Crippen molar-refractivity contribution in [2.24, 2.45) is 0 Å². The Kier molecular flexibility index (Phi) is 6.07. The van der Waals surface area contributed by atoms with Gasteiger partial charge >= 0.3 is 6.09 Å². The van der Waals surface area contributed by atoms with Gasteiger partial charge in [0.1, 0.15) is 0 Å². The molecule has 0 aromatic heterocycles. The molecule has 0 atom stereocenters. The zero-order valence-electron chi connectivity index (χ0n) is 12.4. The molecule has 6 heteroatoms. The Hall–Kier alpha value is -1.75. The normalized spacial score (nSPS) is 15.6. The van der Waals surface area contributed by atoms with Crippen molar-refractivity contribution in [3.8, 4) is 0 Å². The van der Waals surface area contributed by atoms with Crippen LogP contribution in [0.15, 0.2) is 24.3 Å². The maximum Gasteiger partial charge on any atom is 0.407 e. The van der Waals surface area contributed by atoms with Crippen molar-refractivity contribution in [1.29, 1.82) is 0 Å². The number of likely N-dealkylation sites (tertiary alicyclic amines) is 1. The lowest BCUT2D eigenvalue weighted by Crippen LogP contribution is -2.36. The molecule has 1 aromatic carbocycles. The Bertz CT molecular complexity index is 528. The SMILES string of the molecule is O=C(CCCCl)Nc1cccc(C2CCN(C(=O)O)CC2)c1. The predicted molar refractivity (Wildman–Crippen MR) is 86.6 cm³/mol. The number of piperidine rings is 1. The van der Waals surface area contributed by atoms with Gasteiger partial charge in [-0.25, -0.2) is 4.79 Å². The zero-order chi connectivity index (χ0) is 15.9. The summed E-state index contributed by atoms with van der Waals surface area (Å²) in [4.78, 5) is 24.1. The van der Waals surface area contributed by atoms with Crippen LogP contribution in [0.25, 0.3) is 0 Å². The molecule has 0 aliphatic carbocycles. The molecular formula is C16H21ClN2O3. The van der Waals surface area contributed by atoms with Crippen LogP contribution in [0.1, 0.15) is 37.2 Å². The van der Waals surface area contributed by atoms with E-state index in [1.54, 1.807) is 0 Å². The number of rotatable bonds is 5. The molecule has 0 bridgehead atoms. The third-order valence-corrected chi connectivity index (χ3v) is 4.21. The van der Waals surface area contributed by atoms with Crippen LogP contribution in [0.5, 0.6) is 0 Å². The summed E-state index contributed by atoms with van der Waals surface area (Å²) < 4.78 is 0. The Morgan fingerprint density at radius 1 is 1.32 bits per heavy atom. The molecule has 1 aliphatic rings. The van der Waals surface area contributed by atoms with Crippen molar-refractivity contribution in [2.45, 2.75) is 31.6 Å². The highest BCUT2D eigenvalue weighted by Gasteiger charge is 2.23. The second-order valence-corrected chi connectivity index (χ2v) is 5.89. The number of amides is 2. The average molecular weight is 325 g/mol. The van der Waals surface area contributed by atoms with Gasteiger partial charge in [-0.1, -0.05) is 12.1 Å². The maximum absolute atomic E-state index is 11.7. The highest BCUT2D eigenvalue weighted by molar-refractivity contribution is 6.18. The standard InChI is InChI=1S/C16H21ClN2O3/c17-8-2-5-15(20)18-14-4-1-3-13(11-14)12-6-9-19(10-7-12)16(21)22/h1,3-4,11-12H,2,5-10H2,(H,18,20)(H,21,22). The number of carbonyl (C=O) groups excluding carboxylic acids is 1. The van der Waals surface area contributed by atoms with Gasteiger partial charge in [-0.3, -0.25) is 4.79 Å². The van der Waals surface area contributed by atoms with Crippen molar-refractivity contribution >= 4 is 29.3 Å². The highest BCUT2D eigenvalue weighted by atomic mass is 35.5. The van der Waals surface area contributed by atoms with Gasteiger partial charge in [0, 0.05) is 31.1 Å². The fraction of sp³-hybridized carbons (Fsp3) is 0.500. The van der Waals surface area contributed by atoms with Gasteiger partial charge in [0.15, 0.2) is 0 Å². The van der Waals surface area contributed by atoms with Crippen molar-refractivity contribution < 1.29 is 14.7 Å². The summed E-state index contributed by atoms with van der Waals surface area (Å²) in [6.07, 6.45) is 1.87. The first kappa shape index (κ1) is 16.6. The summed E-state index contributed by atoms with van der Waals surface area (Å²) in [5.74, 6) is 0.795. The molecule has 1 fully saturated rings. The quantitative estimate of drug-likeness (QED) is 0.814. The summed E-state index contributed by atoms with van der Waals surface area (Å²) in [7, 11) is 0. The van der Waals surface area contributed by atoms with Gasteiger partial charge in [0.25, 0.3) is 0 Å². The van der Waals surface area contributed by atoms with E-state index < -0.39 is 6.09 Å². The minimum absolute atomic E-state index is 0.0292. The van der Waals surface area contributed by atoms with Crippen molar-refractivity contribution in [1.82, 2.24) is 4.90 Å². The minimum atomic E-state index is -0.848. The van der Waals surface area contributed by atoms with Crippen LogP contribution < -0.4 is 5.32 Å². The number of carboxylic acid groups (broad SMARTS) is 1. The van der Waals surface area contributed by atoms with Crippen LogP contribution >= 0.6 is 11.6 Å². The van der Waals surface area contributed by atoms with E-state index in [1.165, 1.54) is 4.90 Å². The number of hydrogen-bond acceptors (Lipinski definition) is 2. The molecule has 5 nitrogen and oxygen atoms in total. The molecule has 1 heterocycles. The summed E-state index contributed by atoms with van der Waals surface area (Å²) in [6, 6.07) is 7.82. The Balaban J connectivity index is 1.94. The minimum Gasteiger partial charge on any atom is -0.465 e. The fourth-order valence-corrected chi connectivity index (χ4v) is 2.86. The van der Waals surface area contributed by atoms with E-state index in [9.17, 15) is 9.59 Å². The van der Waals surface area contributed by atoms with Gasteiger partial charge in [-0.15, -0.1) is 11.6 Å². The smallest absolute Gasteiger partial charge is 0.407 e. The Morgan fingerprint density at radius 3 is 2.68 bits per heavy atom. The first-order chi connectivity index (χ1) is 10.6. The first-order valence-electron chi connectivity index (χ1n) is 7.54. The maximum atomic E-state index is 11.7. The van der Waals surface area contributed by atoms with Gasteiger partial charge in [-0.05, 0) is 42.9 Å². The van der Waals surface area contributed by atoms with E-state index in [-0.39, 0.29) is 5.91 Å². The molecule has 2 amide bonds. The van der Waals surface area contributed by atoms with Crippen molar-refractivity contribution in [3.05, 3.63) is 29.8 Å². The summed E-state index contributed by atoms with van der Waals surface area (Å²) in [5, 5.41) is 11.9. The molecule has 0 spiro atoms. The highest BCUT2D eigenvalue weighted by Crippen LogP contribution is 2.29. The summed E-state index contributed by atoms with van der Waals surface area (Å²) in [6.45, 7) is 1.12. The lowest BCUT2D eigenvalue weighted by atomic mass is 9.89. The molecule has 2 N–H and O–H groups in total. The molecule has 0 saturated carbocycles. The van der Waals surface area contributed by atoms with Crippen LogP contribution in [0.4, 0.5) is 10.5 Å². The van der Waals surface area contributed by atoms with Crippen LogP contribution in [-0.2, 0) is 4.79 Å². The van der Waals surface area contributed by atoms with E-state index in [0.29, 0.717) is 37.7 Å². The second kappa shape index (κ2) is 8.03. The topological polar surface area (TPSA) is 69.6 Å². The lowest BCUT2D eigenvalue weighted by molar-refractivity contribution is -0.116. The molecule has 0 unspecified atom stereocenters. The number of hydrogen-bond donors (Lipinski definition) is 2. The number of carbonyl (C=O) groups is 2. The largest absolute Gasteiger partial charge is 0.465 e. The number of nitrogens with one attached hydrogen (secondary N) is 1. The average Bonchev–Trinajstić information content (AvgIpc) is 2.53. The number of nitrogens with zero attached hydrogens (tertiary/aromatic N) is 1. The predicted octanol–water partition coefficient (Wildman–Crippen LogP) is 3.50. The van der Waals surface area contributed by atoms with E-state index in [4.69, 9.17) is 16.7 Å². The molecule has 1 aliphatic heterocycles. The van der Waals surface area contributed by atoms with Crippen molar-refractivity contribution in [3.63, 3.8) is 0 Å². The van der Waals surface area contributed by atoms with Crippen LogP contribution in [0.2, 0.25) is 0 Å². The van der Waals surface area contributed by atoms with Crippen LogP contribution in [0.3, 0.4) is 0 Å². The third kappa shape index (κ3) is 4.63. The van der Waals surface area contributed by atoms with Gasteiger partial charge < -0.3 is 15.3 Å². The molecular weight excluding hydrogens is 304 g/mol. The number of halogens is 1. The fourth-order valence-electron chi connectivity index (χ4n) is 2.73. The Labute approximate surface area is 135 Å². The van der Waals surface area contributed by atoms with Gasteiger partial charge in [0.05, 0.1) is 0 Å².